The predicted molar refractivity (Wildman–Crippen MR) is 96.6 cm³/mol. The van der Waals surface area contributed by atoms with Gasteiger partial charge in [0.1, 0.15) is 0 Å². The van der Waals surface area contributed by atoms with Crippen molar-refractivity contribution in [1.82, 2.24) is 4.90 Å². The highest BCUT2D eigenvalue weighted by Crippen LogP contribution is 2.29. The Morgan fingerprint density at radius 1 is 1.04 bits per heavy atom. The van der Waals surface area contributed by atoms with Crippen molar-refractivity contribution < 1.29 is 14.7 Å². The van der Waals surface area contributed by atoms with Crippen LogP contribution in [-0.4, -0.2) is 27.9 Å². The maximum Gasteiger partial charge on any atom is 0.335 e. The van der Waals surface area contributed by atoms with E-state index in [4.69, 9.17) is 5.11 Å². The molecule has 2 aromatic rings. The quantitative estimate of drug-likeness (QED) is 0.874. The van der Waals surface area contributed by atoms with E-state index in [1.54, 1.807) is 18.2 Å². The molecule has 25 heavy (non-hydrogen) atoms. The number of benzene rings is 2. The molecule has 1 saturated carbocycles. The highest BCUT2D eigenvalue weighted by atomic mass is 16.4. The highest BCUT2D eigenvalue weighted by Gasteiger charge is 2.32. The van der Waals surface area contributed by atoms with Crippen molar-refractivity contribution in [3.63, 3.8) is 0 Å². The van der Waals surface area contributed by atoms with Crippen LogP contribution in [0.4, 0.5) is 0 Å². The van der Waals surface area contributed by atoms with E-state index in [-0.39, 0.29) is 17.9 Å². The van der Waals surface area contributed by atoms with Crippen molar-refractivity contribution in [3.8, 4) is 0 Å². The number of aryl methyl sites for hydroxylation is 2. The van der Waals surface area contributed by atoms with Gasteiger partial charge in [-0.05, 0) is 61.1 Å². The molecule has 0 bridgehead atoms. The molecule has 0 radical (unpaired) electrons. The molecule has 3 rings (SSSR count). The molecule has 0 atom stereocenters. The number of carbonyl (C=O) groups is 2. The summed E-state index contributed by atoms with van der Waals surface area (Å²) in [4.78, 5) is 25.8. The minimum atomic E-state index is -0.969. The SMILES string of the molecule is Cc1ccc(CN(C(=O)Cc2cccc(C(=O)O)c2)C2CC2)cc1C. The fraction of sp³-hybridized carbons (Fsp3) is 0.333. The Labute approximate surface area is 148 Å². The summed E-state index contributed by atoms with van der Waals surface area (Å²) in [5.41, 5.74) is 4.59. The van der Waals surface area contributed by atoms with Gasteiger partial charge in [-0.1, -0.05) is 30.3 Å². The second-order valence-corrected chi connectivity index (χ2v) is 6.85. The number of aromatic carboxylic acids is 1. The lowest BCUT2D eigenvalue weighted by Gasteiger charge is -2.23. The summed E-state index contributed by atoms with van der Waals surface area (Å²) in [6.07, 6.45) is 2.33. The number of hydrogen-bond donors (Lipinski definition) is 1. The van der Waals surface area contributed by atoms with Crippen LogP contribution in [0.1, 0.15) is 45.5 Å². The summed E-state index contributed by atoms with van der Waals surface area (Å²) in [5, 5.41) is 9.10. The molecule has 130 valence electrons. The molecule has 4 heteroatoms. The van der Waals surface area contributed by atoms with Crippen molar-refractivity contribution >= 4 is 11.9 Å². The van der Waals surface area contributed by atoms with Gasteiger partial charge in [0.05, 0.1) is 12.0 Å². The summed E-state index contributed by atoms with van der Waals surface area (Å²) in [7, 11) is 0. The lowest BCUT2D eigenvalue weighted by molar-refractivity contribution is -0.131. The first-order chi connectivity index (χ1) is 11.9. The van der Waals surface area contributed by atoms with Crippen LogP contribution in [0, 0.1) is 13.8 Å². The zero-order valence-corrected chi connectivity index (χ0v) is 14.7. The van der Waals surface area contributed by atoms with E-state index in [1.165, 1.54) is 11.1 Å². The summed E-state index contributed by atoms with van der Waals surface area (Å²) < 4.78 is 0. The van der Waals surface area contributed by atoms with Gasteiger partial charge in [0.25, 0.3) is 0 Å². The fourth-order valence-corrected chi connectivity index (χ4v) is 3.00. The van der Waals surface area contributed by atoms with E-state index in [1.807, 2.05) is 11.0 Å². The average Bonchev–Trinajstić information content (AvgIpc) is 3.40. The molecule has 1 N–H and O–H groups in total. The van der Waals surface area contributed by atoms with E-state index in [2.05, 4.69) is 32.0 Å². The second kappa shape index (κ2) is 7.09. The monoisotopic (exact) mass is 337 g/mol. The van der Waals surface area contributed by atoms with Crippen molar-refractivity contribution in [2.75, 3.05) is 0 Å². The highest BCUT2D eigenvalue weighted by molar-refractivity contribution is 5.88. The molecule has 1 amide bonds. The lowest BCUT2D eigenvalue weighted by Crippen LogP contribution is -2.33. The minimum absolute atomic E-state index is 0.0586. The van der Waals surface area contributed by atoms with Crippen LogP contribution in [0.3, 0.4) is 0 Å². The van der Waals surface area contributed by atoms with E-state index in [9.17, 15) is 9.59 Å². The number of amides is 1. The van der Waals surface area contributed by atoms with E-state index < -0.39 is 5.97 Å². The van der Waals surface area contributed by atoms with Crippen LogP contribution >= 0.6 is 0 Å². The fourth-order valence-electron chi connectivity index (χ4n) is 3.00. The molecule has 0 aromatic heterocycles. The van der Waals surface area contributed by atoms with Crippen molar-refractivity contribution in [2.24, 2.45) is 0 Å². The first kappa shape index (κ1) is 17.2. The van der Waals surface area contributed by atoms with Crippen molar-refractivity contribution in [1.29, 1.82) is 0 Å². The first-order valence-electron chi connectivity index (χ1n) is 8.62. The van der Waals surface area contributed by atoms with Crippen molar-refractivity contribution in [2.45, 2.75) is 45.7 Å². The number of carbonyl (C=O) groups excluding carboxylic acids is 1. The largest absolute Gasteiger partial charge is 0.478 e. The Morgan fingerprint density at radius 3 is 2.44 bits per heavy atom. The summed E-state index contributed by atoms with van der Waals surface area (Å²) in [6, 6.07) is 13.3. The number of carboxylic acids is 1. The van der Waals surface area contributed by atoms with Gasteiger partial charge in [0.2, 0.25) is 5.91 Å². The molecule has 1 fully saturated rings. The third-order valence-electron chi connectivity index (χ3n) is 4.76. The summed E-state index contributed by atoms with van der Waals surface area (Å²) in [5.74, 6) is -0.910. The summed E-state index contributed by atoms with van der Waals surface area (Å²) >= 11 is 0. The zero-order chi connectivity index (χ0) is 18.0. The Kier molecular flexibility index (Phi) is 4.88. The van der Waals surface area contributed by atoms with E-state index in [0.717, 1.165) is 24.0 Å². The normalized spacial score (nSPS) is 13.5. The topological polar surface area (TPSA) is 57.6 Å². The van der Waals surface area contributed by atoms with Crippen LogP contribution < -0.4 is 0 Å². The molecule has 0 aliphatic heterocycles. The van der Waals surface area contributed by atoms with Crippen LogP contribution in [0.25, 0.3) is 0 Å². The predicted octanol–water partition coefficient (Wildman–Crippen LogP) is 3.74. The summed E-state index contributed by atoms with van der Waals surface area (Å²) in [6.45, 7) is 4.78. The molecular weight excluding hydrogens is 314 g/mol. The molecular formula is C21H23NO3. The van der Waals surface area contributed by atoms with Crippen LogP contribution in [0.2, 0.25) is 0 Å². The van der Waals surface area contributed by atoms with Crippen LogP contribution in [0.15, 0.2) is 42.5 Å². The van der Waals surface area contributed by atoms with Gasteiger partial charge in [0.15, 0.2) is 0 Å². The lowest BCUT2D eigenvalue weighted by atomic mass is 10.0. The third kappa shape index (κ3) is 4.27. The first-order valence-corrected chi connectivity index (χ1v) is 8.62. The molecule has 2 aromatic carbocycles. The molecule has 1 aliphatic rings. The molecule has 4 nitrogen and oxygen atoms in total. The van der Waals surface area contributed by atoms with Gasteiger partial charge >= 0.3 is 5.97 Å². The van der Waals surface area contributed by atoms with Crippen LogP contribution in [-0.2, 0) is 17.8 Å². The van der Waals surface area contributed by atoms with Gasteiger partial charge in [0, 0.05) is 12.6 Å². The molecule has 0 saturated heterocycles. The van der Waals surface area contributed by atoms with Gasteiger partial charge in [-0.2, -0.15) is 0 Å². The number of carboxylic acid groups (broad SMARTS) is 1. The van der Waals surface area contributed by atoms with Crippen molar-refractivity contribution in [3.05, 3.63) is 70.3 Å². The second-order valence-electron chi connectivity index (χ2n) is 6.85. The van der Waals surface area contributed by atoms with Gasteiger partial charge in [-0.15, -0.1) is 0 Å². The van der Waals surface area contributed by atoms with E-state index in [0.29, 0.717) is 12.6 Å². The standard InChI is InChI=1S/C21H23NO3/c1-14-6-7-17(10-15(14)2)13-22(19-8-9-19)20(23)12-16-4-3-5-18(11-16)21(24)25/h3-7,10-11,19H,8-9,12-13H2,1-2H3,(H,24,25). The van der Waals surface area contributed by atoms with Crippen LogP contribution in [0.5, 0.6) is 0 Å². The Balaban J connectivity index is 1.74. The number of hydrogen-bond acceptors (Lipinski definition) is 2. The molecule has 0 spiro atoms. The third-order valence-corrected chi connectivity index (χ3v) is 4.76. The molecule has 0 unspecified atom stereocenters. The molecule has 1 aliphatic carbocycles. The zero-order valence-electron chi connectivity index (χ0n) is 14.7. The maximum absolute atomic E-state index is 12.8. The smallest absolute Gasteiger partial charge is 0.335 e. The number of nitrogens with zero attached hydrogens (tertiary/aromatic N) is 1. The van der Waals surface area contributed by atoms with Gasteiger partial charge < -0.3 is 10.0 Å². The van der Waals surface area contributed by atoms with Gasteiger partial charge in [-0.3, -0.25) is 4.79 Å². The Morgan fingerprint density at radius 2 is 1.80 bits per heavy atom. The Bertz CT molecular complexity index is 809. The minimum Gasteiger partial charge on any atom is -0.478 e. The average molecular weight is 337 g/mol. The van der Waals surface area contributed by atoms with Gasteiger partial charge in [-0.25, -0.2) is 4.79 Å². The number of rotatable bonds is 6. The Hall–Kier alpha value is -2.62. The molecule has 0 heterocycles. The van der Waals surface area contributed by atoms with E-state index >= 15 is 0 Å². The maximum atomic E-state index is 12.8.